The average Bonchev–Trinajstić information content (AvgIpc) is 2.14. The molecule has 1 aromatic carbocycles. The number of hydrogen-bond donors (Lipinski definition) is 3. The van der Waals surface area contributed by atoms with E-state index >= 15 is 0 Å². The molecule has 0 saturated heterocycles. The SMILES string of the molecule is [2H]c1c([2H])c(S(N)(=O)=O)c([2H])c([2H])c1NN. The predicted octanol–water partition coefficient (Wildman–Crippen LogP) is -0.380. The van der Waals surface area contributed by atoms with E-state index in [4.69, 9.17) is 16.5 Å². The minimum atomic E-state index is -4.32. The lowest BCUT2D eigenvalue weighted by atomic mass is 10.3. The number of benzene rings is 1. The molecule has 6 heteroatoms. The molecule has 1 aromatic rings. The molecule has 0 radical (unpaired) electrons. The van der Waals surface area contributed by atoms with Gasteiger partial charge in [0.1, 0.15) is 0 Å². The molecule has 0 aliphatic rings. The fourth-order valence-corrected chi connectivity index (χ4v) is 0.902. The van der Waals surface area contributed by atoms with Gasteiger partial charge in [0.05, 0.1) is 10.4 Å². The molecule has 0 aromatic heterocycles. The van der Waals surface area contributed by atoms with Gasteiger partial charge in [-0.3, -0.25) is 5.84 Å². The molecule has 12 heavy (non-hydrogen) atoms. The Bertz CT molecular complexity index is 516. The van der Waals surface area contributed by atoms with Gasteiger partial charge < -0.3 is 5.43 Å². The van der Waals surface area contributed by atoms with Gasteiger partial charge >= 0.3 is 0 Å². The molecule has 0 spiro atoms. The van der Waals surface area contributed by atoms with Crippen LogP contribution in [0.4, 0.5) is 5.69 Å². The zero-order valence-corrected chi connectivity index (χ0v) is 6.70. The van der Waals surface area contributed by atoms with E-state index < -0.39 is 39.1 Å². The quantitative estimate of drug-likeness (QED) is 0.438. The summed E-state index contributed by atoms with van der Waals surface area (Å²) in [6.45, 7) is 0. The van der Waals surface area contributed by atoms with Crippen LogP contribution in [-0.4, -0.2) is 8.42 Å². The fourth-order valence-electron chi connectivity index (χ4n) is 0.515. The molecule has 0 fully saturated rings. The number of hydrogen-bond acceptors (Lipinski definition) is 4. The van der Waals surface area contributed by atoms with Crippen molar-refractivity contribution >= 4 is 15.7 Å². The predicted molar refractivity (Wildman–Crippen MR) is 45.6 cm³/mol. The van der Waals surface area contributed by atoms with Gasteiger partial charge in [0.25, 0.3) is 0 Å². The molecule has 1 rings (SSSR count). The zero-order valence-electron chi connectivity index (χ0n) is 9.88. The molecule has 0 atom stereocenters. The zero-order chi connectivity index (χ0) is 12.7. The molecule has 5 nitrogen and oxygen atoms in total. The second-order valence-electron chi connectivity index (χ2n) is 1.89. The summed E-state index contributed by atoms with van der Waals surface area (Å²) < 4.78 is 51.8. The Kier molecular flexibility index (Phi) is 1.24. The highest BCUT2D eigenvalue weighted by molar-refractivity contribution is 7.89. The van der Waals surface area contributed by atoms with Crippen LogP contribution in [0.3, 0.4) is 0 Å². The van der Waals surface area contributed by atoms with Crippen LogP contribution in [0.2, 0.25) is 0 Å². The number of nitrogen functional groups attached to an aromatic ring is 1. The first kappa shape index (κ1) is 4.80. The minimum absolute atomic E-state index is 0.289. The molecule has 0 bridgehead atoms. The van der Waals surface area contributed by atoms with E-state index in [9.17, 15) is 8.42 Å². The average molecular weight is 191 g/mol. The highest BCUT2D eigenvalue weighted by Crippen LogP contribution is 2.10. The van der Waals surface area contributed by atoms with Crippen molar-refractivity contribution in [2.75, 3.05) is 5.43 Å². The van der Waals surface area contributed by atoms with E-state index in [1.165, 1.54) is 0 Å². The molecule has 0 amide bonds. The highest BCUT2D eigenvalue weighted by Gasteiger charge is 2.05. The number of sulfonamides is 1. The third-order valence-electron chi connectivity index (χ3n) is 1.03. The van der Waals surface area contributed by atoms with Crippen molar-refractivity contribution in [3.05, 3.63) is 24.2 Å². The number of primary sulfonamides is 1. The number of anilines is 1. The number of rotatable bonds is 2. The van der Waals surface area contributed by atoms with Crippen molar-refractivity contribution in [1.29, 1.82) is 0 Å². The maximum Gasteiger partial charge on any atom is 0.238 e. The smallest absolute Gasteiger partial charge is 0.238 e. The lowest BCUT2D eigenvalue weighted by molar-refractivity contribution is 0.598. The van der Waals surface area contributed by atoms with Crippen molar-refractivity contribution < 1.29 is 13.9 Å². The lowest BCUT2D eigenvalue weighted by Gasteiger charge is -2.00. The molecule has 5 N–H and O–H groups in total. The Labute approximate surface area is 76.0 Å². The summed E-state index contributed by atoms with van der Waals surface area (Å²) in [5, 5.41) is 4.80. The van der Waals surface area contributed by atoms with Crippen LogP contribution in [0.25, 0.3) is 0 Å². The van der Waals surface area contributed by atoms with Gasteiger partial charge in [0.15, 0.2) is 0 Å². The highest BCUT2D eigenvalue weighted by atomic mass is 32.2. The first-order chi connectivity index (χ1) is 7.21. The minimum Gasteiger partial charge on any atom is -0.324 e. The maximum atomic E-state index is 11.1. The van der Waals surface area contributed by atoms with Crippen LogP contribution < -0.4 is 16.4 Å². The standard InChI is InChI=1S/C6H9N3O2S/c7-9-5-1-3-6(4-2-5)12(8,10)11/h1-4,9H,7H2,(H2,8,10,11)/i1D,2D,3D,4D. The molecule has 0 heterocycles. The first-order valence-electron chi connectivity index (χ1n) is 4.81. The summed E-state index contributed by atoms with van der Waals surface area (Å²) >= 11 is 0. The van der Waals surface area contributed by atoms with Gasteiger partial charge in [-0.1, -0.05) is 0 Å². The number of hydrazine groups is 1. The largest absolute Gasteiger partial charge is 0.324 e. The van der Waals surface area contributed by atoms with Gasteiger partial charge in [-0.05, 0) is 24.2 Å². The Morgan fingerprint density at radius 2 is 1.83 bits per heavy atom. The number of nitrogens with one attached hydrogen (secondary N) is 1. The van der Waals surface area contributed by atoms with Crippen LogP contribution in [0.1, 0.15) is 5.48 Å². The van der Waals surface area contributed by atoms with Crippen LogP contribution >= 0.6 is 0 Å². The first-order valence-corrected chi connectivity index (χ1v) is 4.36. The van der Waals surface area contributed by atoms with Crippen LogP contribution in [-0.2, 0) is 10.0 Å². The van der Waals surface area contributed by atoms with Crippen LogP contribution in [0.5, 0.6) is 0 Å². The topological polar surface area (TPSA) is 98.2 Å². The second-order valence-corrected chi connectivity index (χ2v) is 3.39. The lowest BCUT2D eigenvalue weighted by Crippen LogP contribution is -2.12. The van der Waals surface area contributed by atoms with Gasteiger partial charge in [0, 0.05) is 5.69 Å². The summed E-state index contributed by atoms with van der Waals surface area (Å²) in [5.74, 6) is 5.01. The Hall–Kier alpha value is -1.11. The van der Waals surface area contributed by atoms with E-state index in [0.717, 1.165) is 0 Å². The molecule has 66 valence electrons. The summed E-state index contributed by atoms with van der Waals surface area (Å²) in [4.78, 5) is -0.846. The summed E-state index contributed by atoms with van der Waals surface area (Å²) in [5.41, 5.74) is 1.68. The number of nitrogens with two attached hydrogens (primary N) is 2. The summed E-state index contributed by atoms with van der Waals surface area (Å²) in [6, 6.07) is -2.69. The van der Waals surface area contributed by atoms with Crippen LogP contribution in [0, 0.1) is 0 Å². The summed E-state index contributed by atoms with van der Waals surface area (Å²) in [7, 11) is -4.32. The van der Waals surface area contributed by atoms with E-state index in [1.54, 1.807) is 0 Å². The van der Waals surface area contributed by atoms with Gasteiger partial charge in [0.2, 0.25) is 10.0 Å². The van der Waals surface area contributed by atoms with E-state index in [1.807, 2.05) is 5.43 Å². The molecule has 0 aliphatic heterocycles. The Balaban J connectivity index is 3.82. The molecule has 0 saturated carbocycles. The second kappa shape index (κ2) is 3.10. The molecular weight excluding hydrogens is 178 g/mol. The van der Waals surface area contributed by atoms with Gasteiger partial charge in [-0.25, -0.2) is 13.6 Å². The van der Waals surface area contributed by atoms with Crippen molar-refractivity contribution in [3.8, 4) is 0 Å². The molecular formula is C6H9N3O2S. The van der Waals surface area contributed by atoms with Gasteiger partial charge in [-0.15, -0.1) is 0 Å². The van der Waals surface area contributed by atoms with E-state index in [2.05, 4.69) is 0 Å². The van der Waals surface area contributed by atoms with Crippen molar-refractivity contribution in [1.82, 2.24) is 0 Å². The Morgan fingerprint density at radius 3 is 2.17 bits per heavy atom. The van der Waals surface area contributed by atoms with Crippen molar-refractivity contribution in [2.45, 2.75) is 4.90 Å². The normalized spacial score (nSPS) is 15.8. The van der Waals surface area contributed by atoms with Crippen molar-refractivity contribution in [2.24, 2.45) is 11.0 Å². The maximum absolute atomic E-state index is 11.1. The van der Waals surface area contributed by atoms with E-state index in [-0.39, 0.29) is 5.69 Å². The Morgan fingerprint density at radius 1 is 1.33 bits per heavy atom. The third kappa shape index (κ3) is 1.94. The summed E-state index contributed by atoms with van der Waals surface area (Å²) in [6.07, 6.45) is 0. The van der Waals surface area contributed by atoms with Gasteiger partial charge in [-0.2, -0.15) is 0 Å². The monoisotopic (exact) mass is 191 g/mol. The molecule has 0 unspecified atom stereocenters. The van der Waals surface area contributed by atoms with Crippen molar-refractivity contribution in [3.63, 3.8) is 0 Å². The van der Waals surface area contributed by atoms with Crippen LogP contribution in [0.15, 0.2) is 29.1 Å². The van der Waals surface area contributed by atoms with E-state index in [0.29, 0.717) is 0 Å². The third-order valence-corrected chi connectivity index (χ3v) is 1.80. The molecule has 0 aliphatic carbocycles. The fraction of sp³-hybridized carbons (Fsp3) is 0.